The van der Waals surface area contributed by atoms with Crippen LogP contribution in [0.4, 0.5) is 10.5 Å². The highest BCUT2D eigenvalue weighted by atomic mass is 16.7. The summed E-state index contributed by atoms with van der Waals surface area (Å²) in [5, 5.41) is 3.68. The van der Waals surface area contributed by atoms with Crippen LogP contribution in [0.2, 0.25) is 0 Å². The number of likely N-dealkylation sites (tertiary alicyclic amines) is 1. The van der Waals surface area contributed by atoms with Gasteiger partial charge in [-0.05, 0) is 69.6 Å². The van der Waals surface area contributed by atoms with Crippen LogP contribution in [0, 0.1) is 0 Å². The van der Waals surface area contributed by atoms with Gasteiger partial charge in [-0.15, -0.1) is 5.06 Å². The fourth-order valence-corrected chi connectivity index (χ4v) is 3.26. The summed E-state index contributed by atoms with van der Waals surface area (Å²) in [6.45, 7) is 4.14. The Balaban J connectivity index is 1.47. The number of nitrogens with zero attached hydrogens (tertiary/aromatic N) is 3. The topological polar surface area (TPSA) is 87.9 Å². The van der Waals surface area contributed by atoms with Crippen molar-refractivity contribution in [2.75, 3.05) is 31.2 Å². The minimum absolute atomic E-state index is 0.219. The zero-order valence-electron chi connectivity index (χ0n) is 15.9. The molecule has 0 unspecified atom stereocenters. The van der Waals surface area contributed by atoms with Crippen LogP contribution in [-0.4, -0.2) is 48.6 Å². The van der Waals surface area contributed by atoms with Gasteiger partial charge >= 0.3 is 12.5 Å². The Morgan fingerprint density at radius 2 is 2.11 bits per heavy atom. The number of anilines is 1. The molecule has 3 heterocycles. The van der Waals surface area contributed by atoms with Gasteiger partial charge in [-0.25, -0.2) is 4.79 Å². The van der Waals surface area contributed by atoms with Gasteiger partial charge < -0.3 is 19.5 Å². The summed E-state index contributed by atoms with van der Waals surface area (Å²) in [6, 6.07) is 6.40. The number of piperidine rings is 1. The number of hydrogen-bond acceptors (Lipinski definition) is 6. The lowest BCUT2D eigenvalue weighted by atomic mass is 10.1. The smallest absolute Gasteiger partial charge is 0.355 e. The number of rotatable bonds is 9. The number of aromatic nitrogens is 1. The summed E-state index contributed by atoms with van der Waals surface area (Å²) < 4.78 is 5.29. The van der Waals surface area contributed by atoms with E-state index in [4.69, 9.17) is 9.25 Å². The van der Waals surface area contributed by atoms with E-state index in [1.807, 2.05) is 0 Å². The first-order valence-electron chi connectivity index (χ1n) is 9.68. The van der Waals surface area contributed by atoms with Gasteiger partial charge in [0.1, 0.15) is 11.4 Å². The summed E-state index contributed by atoms with van der Waals surface area (Å²) in [7, 11) is 0. The van der Waals surface area contributed by atoms with E-state index in [1.165, 1.54) is 38.5 Å². The van der Waals surface area contributed by atoms with Crippen molar-refractivity contribution < 1.29 is 18.8 Å². The molecule has 0 bridgehead atoms. The fourth-order valence-electron chi connectivity index (χ4n) is 3.26. The molecule has 1 aliphatic heterocycles. The van der Waals surface area contributed by atoms with Crippen LogP contribution in [0.1, 0.15) is 32.1 Å². The molecular weight excluding hydrogens is 360 g/mol. The monoisotopic (exact) mass is 386 g/mol. The van der Waals surface area contributed by atoms with Crippen LogP contribution in [0.25, 0.3) is 11.5 Å². The zero-order chi connectivity index (χ0) is 19.6. The van der Waals surface area contributed by atoms with E-state index in [0.717, 1.165) is 24.4 Å². The van der Waals surface area contributed by atoms with Gasteiger partial charge in [-0.1, -0.05) is 6.42 Å². The summed E-state index contributed by atoms with van der Waals surface area (Å²) in [5.74, 6) is 0.618. The van der Waals surface area contributed by atoms with E-state index in [-0.39, 0.29) is 6.47 Å². The third-order valence-corrected chi connectivity index (χ3v) is 4.71. The molecule has 0 aliphatic carbocycles. The summed E-state index contributed by atoms with van der Waals surface area (Å²) in [5.41, 5.74) is 0.978. The molecule has 1 N–H and O–H groups in total. The highest BCUT2D eigenvalue weighted by molar-refractivity contribution is 5.90. The summed E-state index contributed by atoms with van der Waals surface area (Å²) >= 11 is 0. The number of pyridine rings is 1. The first kappa shape index (κ1) is 19.9. The number of carbonyl (C=O) groups excluding carboxylic acids is 2. The second-order valence-corrected chi connectivity index (χ2v) is 6.72. The van der Waals surface area contributed by atoms with E-state index in [1.54, 1.807) is 30.5 Å². The lowest BCUT2D eigenvalue weighted by Crippen LogP contribution is -2.40. The van der Waals surface area contributed by atoms with E-state index in [2.05, 4.69) is 15.2 Å². The largest absolute Gasteiger partial charge is 0.463 e. The lowest BCUT2D eigenvalue weighted by molar-refractivity contribution is -0.128. The quantitative estimate of drug-likeness (QED) is 0.404. The Morgan fingerprint density at radius 3 is 2.79 bits per heavy atom. The van der Waals surface area contributed by atoms with Crippen LogP contribution < -0.4 is 10.4 Å². The average Bonchev–Trinajstić information content (AvgIpc) is 3.27. The van der Waals surface area contributed by atoms with Gasteiger partial charge in [-0.3, -0.25) is 9.78 Å². The third-order valence-electron chi connectivity index (χ3n) is 4.71. The molecule has 1 fully saturated rings. The number of carbonyl (C=O) groups is 2. The first-order valence-corrected chi connectivity index (χ1v) is 9.68. The van der Waals surface area contributed by atoms with Crippen LogP contribution in [0.3, 0.4) is 0 Å². The van der Waals surface area contributed by atoms with Crippen LogP contribution in [0.5, 0.6) is 0 Å². The molecule has 1 aliphatic rings. The fraction of sp³-hybridized carbons (Fsp3) is 0.450. The van der Waals surface area contributed by atoms with Crippen molar-refractivity contribution in [3.05, 3.63) is 36.7 Å². The number of nitrogens with one attached hydrogen (secondary N) is 1. The van der Waals surface area contributed by atoms with E-state index >= 15 is 0 Å². The van der Waals surface area contributed by atoms with Crippen molar-refractivity contribution in [1.82, 2.24) is 15.2 Å². The molecule has 8 heteroatoms. The molecule has 3 rings (SSSR count). The Kier molecular flexibility index (Phi) is 7.43. The minimum Gasteiger partial charge on any atom is -0.463 e. The first-order chi connectivity index (χ1) is 13.8. The maximum atomic E-state index is 12.4. The Labute approximate surface area is 164 Å². The molecule has 0 radical (unpaired) electrons. The molecule has 28 heavy (non-hydrogen) atoms. The number of unbranched alkanes of at least 4 members (excludes halogenated alkanes) is 1. The van der Waals surface area contributed by atoms with Gasteiger partial charge in [0, 0.05) is 6.54 Å². The third kappa shape index (κ3) is 5.56. The van der Waals surface area contributed by atoms with Gasteiger partial charge in [0.25, 0.3) is 0 Å². The van der Waals surface area contributed by atoms with E-state index < -0.39 is 6.03 Å². The molecule has 150 valence electrons. The second-order valence-electron chi connectivity index (χ2n) is 6.72. The van der Waals surface area contributed by atoms with Crippen LogP contribution in [0.15, 0.2) is 41.1 Å². The normalized spacial score (nSPS) is 14.4. The zero-order valence-corrected chi connectivity index (χ0v) is 15.9. The van der Waals surface area contributed by atoms with Crippen molar-refractivity contribution in [3.8, 4) is 11.5 Å². The van der Waals surface area contributed by atoms with Crippen molar-refractivity contribution in [3.63, 3.8) is 0 Å². The molecule has 2 aromatic rings. The van der Waals surface area contributed by atoms with Crippen molar-refractivity contribution in [2.24, 2.45) is 0 Å². The Morgan fingerprint density at radius 1 is 1.25 bits per heavy atom. The molecule has 0 aromatic carbocycles. The maximum Gasteiger partial charge on any atom is 0.355 e. The predicted molar refractivity (Wildman–Crippen MR) is 104 cm³/mol. The highest BCUT2D eigenvalue weighted by Gasteiger charge is 2.18. The SMILES string of the molecule is O=CON(C(=O)NCCCCN1CCCCC1)c1ccc(-c2ccco2)nc1. The van der Waals surface area contributed by atoms with Gasteiger partial charge in [0.15, 0.2) is 5.76 Å². The van der Waals surface area contributed by atoms with Crippen molar-refractivity contribution in [1.29, 1.82) is 0 Å². The maximum absolute atomic E-state index is 12.4. The number of hydroxylamine groups is 1. The van der Waals surface area contributed by atoms with Gasteiger partial charge in [-0.2, -0.15) is 0 Å². The van der Waals surface area contributed by atoms with Crippen LogP contribution in [-0.2, 0) is 9.63 Å². The number of hydrogen-bond donors (Lipinski definition) is 1. The van der Waals surface area contributed by atoms with Gasteiger partial charge in [0.2, 0.25) is 0 Å². The molecule has 1 saturated heterocycles. The molecular formula is C20H26N4O4. The minimum atomic E-state index is -0.502. The van der Waals surface area contributed by atoms with Crippen molar-refractivity contribution >= 4 is 18.2 Å². The lowest BCUT2D eigenvalue weighted by Gasteiger charge is -2.26. The molecule has 2 amide bonds. The molecule has 8 nitrogen and oxygen atoms in total. The Hall–Kier alpha value is -2.87. The second kappa shape index (κ2) is 10.5. The summed E-state index contributed by atoms with van der Waals surface area (Å²) in [4.78, 5) is 34.8. The average molecular weight is 386 g/mol. The van der Waals surface area contributed by atoms with E-state index in [9.17, 15) is 9.59 Å². The van der Waals surface area contributed by atoms with Crippen LogP contribution >= 0.6 is 0 Å². The number of urea groups is 1. The summed E-state index contributed by atoms with van der Waals surface area (Å²) in [6.07, 6.45) is 8.79. The highest BCUT2D eigenvalue weighted by Crippen LogP contribution is 2.21. The molecule has 0 atom stereocenters. The molecule has 0 spiro atoms. The number of amides is 2. The van der Waals surface area contributed by atoms with Gasteiger partial charge in [0.05, 0.1) is 12.5 Å². The Bertz CT molecular complexity index is 727. The van der Waals surface area contributed by atoms with E-state index in [0.29, 0.717) is 23.7 Å². The number of furan rings is 1. The molecule has 2 aromatic heterocycles. The predicted octanol–water partition coefficient (Wildman–Crippen LogP) is 3.21. The molecule has 0 saturated carbocycles. The van der Waals surface area contributed by atoms with Crippen molar-refractivity contribution in [2.45, 2.75) is 32.1 Å². The standard InChI is InChI=1S/C20H26N4O4/c25-16-28-24(17-8-9-18(22-15-17)19-7-6-14-27-19)20(26)21-10-2-5-13-23-11-3-1-4-12-23/h6-9,14-16H,1-5,10-13H2,(H,21,26).